The molecule has 0 aliphatic carbocycles. The number of hydrogen-bond acceptors (Lipinski definition) is 7. The van der Waals surface area contributed by atoms with E-state index >= 15 is 0 Å². The Morgan fingerprint density at radius 3 is 2.71 bits per heavy atom. The van der Waals surface area contributed by atoms with Crippen LogP contribution in [0, 0.1) is 12.8 Å². The molecule has 9 nitrogen and oxygen atoms in total. The number of fused-ring (bicyclic) bond motifs is 7. The normalized spacial score (nSPS) is 18.4. The fourth-order valence-electron chi connectivity index (χ4n) is 4.28. The smallest absolute Gasteiger partial charge is 0.258 e. The number of hydrogen-bond donors (Lipinski definition) is 3. The minimum Gasteiger partial charge on any atom is -0.371 e. The Bertz CT molecular complexity index is 1170. The highest BCUT2D eigenvalue weighted by Gasteiger charge is 2.24. The number of amides is 1. The molecule has 0 unspecified atom stereocenters. The Labute approximate surface area is 201 Å². The number of benzene rings is 1. The van der Waals surface area contributed by atoms with Crippen LogP contribution in [0.25, 0.3) is 0 Å². The Hall–Kier alpha value is -3.14. The van der Waals surface area contributed by atoms with Gasteiger partial charge >= 0.3 is 0 Å². The van der Waals surface area contributed by atoms with Crippen molar-refractivity contribution in [3.63, 3.8) is 0 Å². The zero-order valence-electron chi connectivity index (χ0n) is 19.7. The molecule has 10 heteroatoms. The van der Waals surface area contributed by atoms with Crippen molar-refractivity contribution in [3.05, 3.63) is 47.7 Å². The van der Waals surface area contributed by atoms with Crippen molar-refractivity contribution in [2.75, 3.05) is 45.6 Å². The summed E-state index contributed by atoms with van der Waals surface area (Å²) >= 11 is 0. The first-order chi connectivity index (χ1) is 16.3. The second-order valence-electron chi connectivity index (χ2n) is 8.76. The standard InChI is InChI=1S/C24H32N6O3S/c1-3-34(32,33)29-19-8-9-20-21(16-19)30-13-10-18(11-14-30)7-5-4-6-12-25-24-26-17(2)15-22(28-24)27-23(20)31/h4-5,8-9,15-16,18,29H,3,6-7,10-14H2,1-2H3,(H2,25,26,27,28,31)/b5-4-. The molecule has 34 heavy (non-hydrogen) atoms. The fraction of sp³-hybridized carbons (Fsp3) is 0.458. The topological polar surface area (TPSA) is 116 Å². The van der Waals surface area contributed by atoms with E-state index in [4.69, 9.17) is 0 Å². The highest BCUT2D eigenvalue weighted by molar-refractivity contribution is 7.92. The molecule has 0 saturated carbocycles. The van der Waals surface area contributed by atoms with Crippen LogP contribution in [-0.2, 0) is 10.0 Å². The van der Waals surface area contributed by atoms with Gasteiger partial charge < -0.3 is 15.5 Å². The van der Waals surface area contributed by atoms with Gasteiger partial charge in [-0.1, -0.05) is 12.2 Å². The van der Waals surface area contributed by atoms with E-state index in [-0.39, 0.29) is 11.7 Å². The molecule has 5 rings (SSSR count). The third-order valence-electron chi connectivity index (χ3n) is 6.18. The molecule has 0 atom stereocenters. The summed E-state index contributed by atoms with van der Waals surface area (Å²) in [5, 5.41) is 6.12. The minimum atomic E-state index is -3.43. The van der Waals surface area contributed by atoms with Gasteiger partial charge in [0.25, 0.3) is 5.91 Å². The lowest BCUT2D eigenvalue weighted by Crippen LogP contribution is -2.35. The van der Waals surface area contributed by atoms with Crippen molar-refractivity contribution >= 4 is 39.1 Å². The largest absolute Gasteiger partial charge is 0.371 e. The summed E-state index contributed by atoms with van der Waals surface area (Å²) in [7, 11) is -3.43. The van der Waals surface area contributed by atoms with Gasteiger partial charge in [-0.25, -0.2) is 13.4 Å². The van der Waals surface area contributed by atoms with E-state index < -0.39 is 10.0 Å². The van der Waals surface area contributed by atoms with Gasteiger partial charge in [-0.05, 0) is 63.6 Å². The number of rotatable bonds is 3. The second kappa shape index (κ2) is 10.4. The van der Waals surface area contributed by atoms with Crippen LogP contribution in [0.15, 0.2) is 36.4 Å². The number of anilines is 4. The fourth-order valence-corrected chi connectivity index (χ4v) is 4.91. The van der Waals surface area contributed by atoms with E-state index in [1.807, 2.05) is 6.92 Å². The molecule has 0 spiro atoms. The molecule has 1 saturated heterocycles. The monoisotopic (exact) mass is 484 g/mol. The Morgan fingerprint density at radius 2 is 1.94 bits per heavy atom. The lowest BCUT2D eigenvalue weighted by molar-refractivity contribution is 0.102. The Balaban J connectivity index is 1.70. The summed E-state index contributed by atoms with van der Waals surface area (Å²) in [6.45, 7) is 5.77. The molecule has 1 aromatic heterocycles. The van der Waals surface area contributed by atoms with E-state index in [1.54, 1.807) is 31.2 Å². The summed E-state index contributed by atoms with van der Waals surface area (Å²) < 4.78 is 26.9. The van der Waals surface area contributed by atoms with E-state index in [1.165, 1.54) is 0 Å². The first kappa shape index (κ1) is 24.0. The Morgan fingerprint density at radius 1 is 1.15 bits per heavy atom. The van der Waals surface area contributed by atoms with Crippen LogP contribution in [0.5, 0.6) is 0 Å². The van der Waals surface area contributed by atoms with Gasteiger partial charge in [0.15, 0.2) is 0 Å². The molecular formula is C24H32N6O3S. The van der Waals surface area contributed by atoms with Crippen LogP contribution in [0.2, 0.25) is 0 Å². The molecule has 1 fully saturated rings. The average Bonchev–Trinajstić information content (AvgIpc) is 2.80. The van der Waals surface area contributed by atoms with Crippen LogP contribution < -0.4 is 20.3 Å². The van der Waals surface area contributed by atoms with E-state index in [2.05, 4.69) is 42.4 Å². The number of allylic oxidation sites excluding steroid dienone is 1. The van der Waals surface area contributed by atoms with Crippen LogP contribution in [-0.4, -0.2) is 49.7 Å². The molecule has 1 amide bonds. The highest BCUT2D eigenvalue weighted by Crippen LogP contribution is 2.31. The van der Waals surface area contributed by atoms with E-state index in [9.17, 15) is 13.2 Å². The average molecular weight is 485 g/mol. The first-order valence-corrected chi connectivity index (χ1v) is 13.4. The van der Waals surface area contributed by atoms with Gasteiger partial charge in [0.05, 0.1) is 22.7 Å². The van der Waals surface area contributed by atoms with Crippen LogP contribution in [0.4, 0.5) is 23.1 Å². The maximum atomic E-state index is 13.3. The summed E-state index contributed by atoms with van der Waals surface area (Å²) in [4.78, 5) is 24.4. The van der Waals surface area contributed by atoms with Gasteiger partial charge in [-0.2, -0.15) is 4.98 Å². The molecule has 3 aliphatic rings. The van der Waals surface area contributed by atoms with Crippen LogP contribution in [0.1, 0.15) is 48.7 Å². The van der Waals surface area contributed by atoms with Crippen molar-refractivity contribution in [2.24, 2.45) is 5.92 Å². The van der Waals surface area contributed by atoms with Crippen LogP contribution >= 0.6 is 0 Å². The number of aryl methyl sites for hydroxylation is 1. The lowest BCUT2D eigenvalue weighted by atomic mass is 9.92. The summed E-state index contributed by atoms with van der Waals surface area (Å²) in [6.07, 6.45) is 8.37. The molecule has 4 heterocycles. The molecule has 3 N–H and O–H groups in total. The van der Waals surface area contributed by atoms with E-state index in [0.717, 1.165) is 50.2 Å². The van der Waals surface area contributed by atoms with Crippen LogP contribution in [0.3, 0.4) is 0 Å². The van der Waals surface area contributed by atoms with Crippen molar-refractivity contribution in [3.8, 4) is 0 Å². The molecule has 3 aliphatic heterocycles. The summed E-state index contributed by atoms with van der Waals surface area (Å²) in [5.74, 6) is 1.17. The van der Waals surface area contributed by atoms with Gasteiger partial charge in [0.2, 0.25) is 16.0 Å². The zero-order valence-corrected chi connectivity index (χ0v) is 20.5. The number of nitrogens with one attached hydrogen (secondary N) is 3. The van der Waals surface area contributed by atoms with Gasteiger partial charge in [-0.3, -0.25) is 9.52 Å². The van der Waals surface area contributed by atoms with E-state index in [0.29, 0.717) is 35.5 Å². The maximum Gasteiger partial charge on any atom is 0.258 e. The number of carbonyl (C=O) groups is 1. The van der Waals surface area contributed by atoms with Gasteiger partial charge in [0.1, 0.15) is 5.82 Å². The SMILES string of the molecule is CCS(=O)(=O)Nc1ccc2c(c1)N1CCC(C/C=C\CCNc3nc(C)cc(n3)NC2=O)CC1. The molecular weight excluding hydrogens is 452 g/mol. The second-order valence-corrected chi connectivity index (χ2v) is 10.8. The van der Waals surface area contributed by atoms with Crippen molar-refractivity contribution in [1.29, 1.82) is 0 Å². The van der Waals surface area contributed by atoms with Gasteiger partial charge in [-0.15, -0.1) is 0 Å². The Kier molecular flexibility index (Phi) is 7.35. The molecule has 0 radical (unpaired) electrons. The molecule has 2 aromatic rings. The number of nitrogens with zero attached hydrogens (tertiary/aromatic N) is 3. The third-order valence-corrected chi connectivity index (χ3v) is 7.48. The summed E-state index contributed by atoms with van der Waals surface area (Å²) in [6, 6.07) is 6.79. The first-order valence-electron chi connectivity index (χ1n) is 11.8. The quantitative estimate of drug-likeness (QED) is 0.568. The minimum absolute atomic E-state index is 0.0209. The van der Waals surface area contributed by atoms with Crippen molar-refractivity contribution < 1.29 is 13.2 Å². The summed E-state index contributed by atoms with van der Waals surface area (Å²) in [5.41, 5.74) is 2.39. The predicted molar refractivity (Wildman–Crippen MR) is 136 cm³/mol. The zero-order chi connectivity index (χ0) is 24.1. The lowest BCUT2D eigenvalue weighted by Gasteiger charge is -2.34. The highest BCUT2D eigenvalue weighted by atomic mass is 32.2. The third kappa shape index (κ3) is 6.05. The molecule has 4 bridgehead atoms. The maximum absolute atomic E-state index is 13.3. The number of carbonyl (C=O) groups excluding carboxylic acids is 1. The molecule has 1 aromatic carbocycles. The number of piperidine rings is 1. The van der Waals surface area contributed by atoms with Crippen molar-refractivity contribution in [1.82, 2.24) is 9.97 Å². The molecule has 182 valence electrons. The van der Waals surface area contributed by atoms with Gasteiger partial charge in [0, 0.05) is 31.4 Å². The predicted octanol–water partition coefficient (Wildman–Crippen LogP) is 3.78. The number of sulfonamides is 1. The number of aromatic nitrogens is 2. The van der Waals surface area contributed by atoms with Crippen molar-refractivity contribution in [2.45, 2.75) is 39.5 Å².